The molecule has 25 heteroatoms. The fourth-order valence-electron chi connectivity index (χ4n) is 5.53. The van der Waals surface area contributed by atoms with Gasteiger partial charge in [-0.25, -0.2) is 24.1 Å². The summed E-state index contributed by atoms with van der Waals surface area (Å²) in [6.07, 6.45) is -10.2. The molecule has 248 valence electrons. The van der Waals surface area contributed by atoms with Crippen molar-refractivity contribution in [3.05, 3.63) is 28.7 Å². The van der Waals surface area contributed by atoms with Crippen LogP contribution >= 0.6 is 15.6 Å². The number of anilines is 2. The molecule has 7 rings (SSSR count). The van der Waals surface area contributed by atoms with Crippen molar-refractivity contribution in [2.75, 3.05) is 24.7 Å². The van der Waals surface area contributed by atoms with Gasteiger partial charge >= 0.3 is 15.6 Å². The minimum Gasteiger partial charge on any atom is -0.386 e. The topological polar surface area (TPSA) is 330 Å². The van der Waals surface area contributed by atoms with Crippen LogP contribution in [-0.4, -0.2) is 109 Å². The van der Waals surface area contributed by atoms with Gasteiger partial charge in [-0.3, -0.25) is 37.0 Å². The highest BCUT2D eigenvalue weighted by atomic mass is 31.2. The maximum atomic E-state index is 13.1. The second kappa shape index (κ2) is 11.1. The lowest BCUT2D eigenvalue weighted by Crippen LogP contribution is -2.39. The minimum atomic E-state index is -5.06. The number of aromatic amines is 1. The van der Waals surface area contributed by atoms with Crippen molar-refractivity contribution in [1.82, 2.24) is 39.0 Å². The van der Waals surface area contributed by atoms with E-state index >= 15 is 0 Å². The third kappa shape index (κ3) is 5.39. The maximum Gasteiger partial charge on any atom is 0.472 e. The van der Waals surface area contributed by atoms with Gasteiger partial charge in [0.05, 0.1) is 31.6 Å². The number of nitrogens with two attached hydrogens (primary N) is 2. The van der Waals surface area contributed by atoms with Crippen molar-refractivity contribution >= 4 is 49.9 Å². The van der Waals surface area contributed by atoms with Gasteiger partial charge in [0.2, 0.25) is 11.9 Å². The molecule has 3 fully saturated rings. The smallest absolute Gasteiger partial charge is 0.386 e. The number of nitrogens with zero attached hydrogens (tertiary/aromatic N) is 7. The first-order chi connectivity index (χ1) is 21.7. The van der Waals surface area contributed by atoms with Gasteiger partial charge in [-0.2, -0.15) is 9.97 Å². The van der Waals surface area contributed by atoms with E-state index in [0.717, 1.165) is 10.9 Å². The second-order valence-corrected chi connectivity index (χ2v) is 13.4. The number of hydrogen-bond acceptors (Lipinski definition) is 18. The fourth-order valence-corrected chi connectivity index (χ4v) is 7.45. The van der Waals surface area contributed by atoms with Crippen LogP contribution in [0.4, 0.5) is 11.9 Å². The first kappa shape index (κ1) is 31.2. The Hall–Kier alpha value is -3.44. The molecule has 0 amide bonds. The standard InChI is InChI=1S/C21H26N10O13P2/c1-6-9-15(27-20(22)26-6)30(4-24-9)18-11(32)13-7(41-18)2-39-46(37,38)44-14-8(3-40-45(35,36)43-13)42-19(12(14)33)31-5-25-10-16(31)28-21(23)29-17(10)34/h4-5,7-8,11-14,18-19,32-33H,2-3H2,1H3,(H,35,36)(H,37,38)(H2,22,26,27)(H3,23,28,29,34)/t7-,8-,11-,12?,13?,14-,18+,19+/m0/s1. The Bertz CT molecular complexity index is 1990. The average molecular weight is 688 g/mol. The van der Waals surface area contributed by atoms with Crippen molar-refractivity contribution in [2.24, 2.45) is 0 Å². The summed E-state index contributed by atoms with van der Waals surface area (Å²) < 4.78 is 61.1. The second-order valence-electron chi connectivity index (χ2n) is 10.5. The summed E-state index contributed by atoms with van der Waals surface area (Å²) in [6.45, 7) is -0.0195. The van der Waals surface area contributed by atoms with Gasteiger partial charge in [-0.05, 0) is 6.92 Å². The van der Waals surface area contributed by atoms with Crippen LogP contribution in [0, 0.1) is 6.92 Å². The third-order valence-electron chi connectivity index (χ3n) is 7.54. The molecule has 0 saturated carbocycles. The number of nitrogen functional groups attached to an aromatic ring is 2. The lowest BCUT2D eigenvalue weighted by atomic mass is 10.1. The zero-order chi connectivity index (χ0) is 32.7. The van der Waals surface area contributed by atoms with Crippen LogP contribution in [-0.2, 0) is 36.7 Å². The molecule has 4 aromatic rings. The number of H-pyrrole nitrogens is 1. The van der Waals surface area contributed by atoms with Crippen molar-refractivity contribution in [1.29, 1.82) is 0 Å². The molecule has 9 N–H and O–H groups in total. The molecule has 3 aliphatic heterocycles. The fraction of sp³-hybridized carbons (Fsp3) is 0.524. The number of phosphoric acid groups is 2. The van der Waals surface area contributed by atoms with Crippen LogP contribution in [0.25, 0.3) is 22.3 Å². The summed E-state index contributed by atoms with van der Waals surface area (Å²) in [5.41, 5.74) is 11.4. The Kier molecular flexibility index (Phi) is 7.51. The number of imidazole rings is 2. The molecule has 0 aliphatic carbocycles. The average Bonchev–Trinajstić information content (AvgIpc) is 3.72. The SMILES string of the molecule is Cc1nc(N)nc2c1ncn2[C@@H]1O[C@H]2COP(=O)(O)O[C@@H]3C(O)[C@H](n4cnc5c(=O)[nH]c(N)nc54)O[C@H]3COP(=O)(O)OC2[C@@H]1O. The van der Waals surface area contributed by atoms with Gasteiger partial charge < -0.3 is 40.9 Å². The zero-order valence-corrected chi connectivity index (χ0v) is 25.1. The van der Waals surface area contributed by atoms with E-state index in [1.807, 2.05) is 0 Å². The molecule has 46 heavy (non-hydrogen) atoms. The summed E-state index contributed by atoms with van der Waals surface area (Å²) >= 11 is 0. The summed E-state index contributed by atoms with van der Waals surface area (Å²) in [5, 5.41) is 22.3. The first-order valence-electron chi connectivity index (χ1n) is 13.4. The van der Waals surface area contributed by atoms with Crippen molar-refractivity contribution < 1.29 is 56.7 Å². The number of fused-ring (bicyclic) bond motifs is 4. The maximum absolute atomic E-state index is 13.1. The van der Waals surface area contributed by atoms with Gasteiger partial charge in [0.15, 0.2) is 29.3 Å². The largest absolute Gasteiger partial charge is 0.472 e. The van der Waals surface area contributed by atoms with Gasteiger partial charge in [0.1, 0.15) is 42.1 Å². The van der Waals surface area contributed by atoms with Crippen LogP contribution in [0.15, 0.2) is 17.4 Å². The number of aliphatic hydroxyl groups is 2. The number of hydrogen-bond donors (Lipinski definition) is 7. The van der Waals surface area contributed by atoms with Gasteiger partial charge in [-0.15, -0.1) is 0 Å². The Morgan fingerprint density at radius 3 is 1.89 bits per heavy atom. The number of aromatic nitrogens is 8. The summed E-state index contributed by atoms with van der Waals surface area (Å²) in [4.78, 5) is 56.0. The number of rotatable bonds is 2. The van der Waals surface area contributed by atoms with Crippen LogP contribution in [0.5, 0.6) is 0 Å². The Balaban J connectivity index is 1.17. The van der Waals surface area contributed by atoms with E-state index in [4.69, 9.17) is 39.0 Å². The van der Waals surface area contributed by atoms with Gasteiger partial charge in [0, 0.05) is 0 Å². The van der Waals surface area contributed by atoms with E-state index < -0.39 is 83.5 Å². The van der Waals surface area contributed by atoms with Gasteiger partial charge in [0.25, 0.3) is 5.56 Å². The molecule has 0 spiro atoms. The molecule has 10 atom stereocenters. The van der Waals surface area contributed by atoms with Crippen LogP contribution < -0.4 is 17.0 Å². The van der Waals surface area contributed by atoms with E-state index in [1.165, 1.54) is 10.9 Å². The molecule has 3 aliphatic rings. The number of phosphoric ester groups is 2. The summed E-state index contributed by atoms with van der Waals surface area (Å²) in [5.74, 6) is -0.361. The van der Waals surface area contributed by atoms with E-state index in [0.29, 0.717) is 11.2 Å². The highest BCUT2D eigenvalue weighted by molar-refractivity contribution is 7.47. The molecule has 0 bridgehead atoms. The van der Waals surface area contributed by atoms with Crippen molar-refractivity contribution in [2.45, 2.75) is 56.0 Å². The number of ether oxygens (including phenoxy) is 2. The van der Waals surface area contributed by atoms with Crippen molar-refractivity contribution in [3.63, 3.8) is 0 Å². The predicted octanol–water partition coefficient (Wildman–Crippen LogP) is -2.03. The zero-order valence-electron chi connectivity index (χ0n) is 23.3. The van der Waals surface area contributed by atoms with Gasteiger partial charge in [-0.1, -0.05) is 0 Å². The summed E-state index contributed by atoms with van der Waals surface area (Å²) in [7, 11) is -10.1. The van der Waals surface area contributed by atoms with Crippen molar-refractivity contribution in [3.8, 4) is 0 Å². The van der Waals surface area contributed by atoms with Crippen LogP contribution in [0.2, 0.25) is 0 Å². The third-order valence-corrected chi connectivity index (χ3v) is 9.51. The summed E-state index contributed by atoms with van der Waals surface area (Å²) in [6, 6.07) is 0. The quantitative estimate of drug-likeness (QED) is 0.112. The van der Waals surface area contributed by atoms with E-state index in [9.17, 15) is 33.9 Å². The molecule has 7 heterocycles. The normalized spacial score (nSPS) is 37.2. The molecule has 4 unspecified atom stereocenters. The lowest BCUT2D eigenvalue weighted by Gasteiger charge is -2.27. The monoisotopic (exact) mass is 688 g/mol. The molecule has 0 radical (unpaired) electrons. The number of nitrogens with one attached hydrogen (secondary N) is 1. The molecule has 23 nitrogen and oxygen atoms in total. The Morgan fingerprint density at radius 2 is 1.35 bits per heavy atom. The molecule has 0 aromatic carbocycles. The highest BCUT2D eigenvalue weighted by Gasteiger charge is 2.54. The predicted molar refractivity (Wildman–Crippen MR) is 148 cm³/mol. The Labute approximate surface area is 255 Å². The van der Waals surface area contributed by atoms with E-state index in [1.54, 1.807) is 6.92 Å². The van der Waals surface area contributed by atoms with E-state index in [2.05, 4.69) is 29.9 Å². The molecule has 3 saturated heterocycles. The minimum absolute atomic E-state index is 0.0931. The number of aliphatic hydroxyl groups excluding tert-OH is 2. The number of aryl methyl sites for hydroxylation is 1. The first-order valence-corrected chi connectivity index (χ1v) is 16.4. The Morgan fingerprint density at radius 1 is 0.848 bits per heavy atom. The lowest BCUT2D eigenvalue weighted by molar-refractivity contribution is -0.0664. The molecule has 4 aromatic heterocycles. The van der Waals surface area contributed by atoms with Crippen LogP contribution in [0.3, 0.4) is 0 Å². The van der Waals surface area contributed by atoms with E-state index in [-0.39, 0.29) is 28.7 Å². The highest BCUT2D eigenvalue weighted by Crippen LogP contribution is 2.53. The van der Waals surface area contributed by atoms with Crippen LogP contribution in [0.1, 0.15) is 18.1 Å². The molecular formula is C21H26N10O13P2. The molecular weight excluding hydrogens is 662 g/mol.